The number of benzene rings is 8. The molecule has 0 N–H and O–H groups in total. The molecule has 10 aromatic rings. The Morgan fingerprint density at radius 3 is 1.76 bits per heavy atom. The van der Waals surface area contributed by atoms with Crippen molar-refractivity contribution in [1.29, 1.82) is 0 Å². The van der Waals surface area contributed by atoms with Crippen molar-refractivity contribution in [2.24, 2.45) is 0 Å². The van der Waals surface area contributed by atoms with E-state index in [1.807, 2.05) is 12.1 Å². The Balaban J connectivity index is 1.28. The molecule has 0 saturated heterocycles. The molecular formula is C46H29NO2. The fourth-order valence-electron chi connectivity index (χ4n) is 7.44. The van der Waals surface area contributed by atoms with E-state index in [1.165, 1.54) is 27.5 Å². The molecular weight excluding hydrogens is 599 g/mol. The molecule has 3 nitrogen and oxygen atoms in total. The zero-order chi connectivity index (χ0) is 32.3. The highest BCUT2D eigenvalue weighted by molar-refractivity contribution is 6.20. The molecule has 0 fully saturated rings. The molecule has 0 aliphatic rings. The van der Waals surface area contributed by atoms with Crippen LogP contribution in [0.25, 0.3) is 76.9 Å². The van der Waals surface area contributed by atoms with Crippen LogP contribution in [-0.4, -0.2) is 0 Å². The van der Waals surface area contributed by atoms with Crippen LogP contribution in [0.1, 0.15) is 0 Å². The van der Waals surface area contributed by atoms with Gasteiger partial charge >= 0.3 is 0 Å². The van der Waals surface area contributed by atoms with Gasteiger partial charge in [0.25, 0.3) is 0 Å². The molecule has 0 aliphatic carbocycles. The van der Waals surface area contributed by atoms with E-state index in [0.717, 1.165) is 66.5 Å². The van der Waals surface area contributed by atoms with E-state index in [1.54, 1.807) is 0 Å². The van der Waals surface area contributed by atoms with Crippen LogP contribution in [0, 0.1) is 0 Å². The molecule has 0 unspecified atom stereocenters. The zero-order valence-electron chi connectivity index (χ0n) is 26.5. The second kappa shape index (κ2) is 11.0. The predicted molar refractivity (Wildman–Crippen MR) is 204 cm³/mol. The minimum absolute atomic E-state index is 0.855. The SMILES string of the molecule is c1ccc(-c2ccc(N(c3ccc4oc5ccc6ccccc6c5c4c3)c3cccc4oc5ccccc5c34)cc2-c2ccccc2)cc1. The average Bonchev–Trinajstić information content (AvgIpc) is 3.74. The van der Waals surface area contributed by atoms with Crippen molar-refractivity contribution >= 4 is 71.7 Å². The van der Waals surface area contributed by atoms with Gasteiger partial charge in [-0.25, -0.2) is 0 Å². The third kappa shape index (κ3) is 4.44. The Morgan fingerprint density at radius 1 is 0.347 bits per heavy atom. The number of hydrogen-bond acceptors (Lipinski definition) is 3. The monoisotopic (exact) mass is 627 g/mol. The highest BCUT2D eigenvalue weighted by Gasteiger charge is 2.22. The Morgan fingerprint density at radius 2 is 0.939 bits per heavy atom. The molecule has 10 rings (SSSR count). The van der Waals surface area contributed by atoms with Crippen LogP contribution >= 0.6 is 0 Å². The topological polar surface area (TPSA) is 29.5 Å². The summed E-state index contributed by atoms with van der Waals surface area (Å²) in [5.41, 5.74) is 11.3. The van der Waals surface area contributed by atoms with Crippen LogP contribution in [0.15, 0.2) is 185 Å². The summed E-state index contributed by atoms with van der Waals surface area (Å²) in [4.78, 5) is 2.37. The Labute approximate surface area is 282 Å². The van der Waals surface area contributed by atoms with E-state index in [4.69, 9.17) is 8.83 Å². The van der Waals surface area contributed by atoms with Gasteiger partial charge in [0.2, 0.25) is 0 Å². The van der Waals surface area contributed by atoms with E-state index in [0.29, 0.717) is 0 Å². The zero-order valence-corrected chi connectivity index (χ0v) is 26.5. The molecule has 2 aromatic heterocycles. The first-order chi connectivity index (χ1) is 24.3. The minimum Gasteiger partial charge on any atom is -0.456 e. The maximum atomic E-state index is 6.43. The van der Waals surface area contributed by atoms with E-state index in [2.05, 4.69) is 169 Å². The largest absolute Gasteiger partial charge is 0.456 e. The van der Waals surface area contributed by atoms with Gasteiger partial charge in [0.05, 0.1) is 11.1 Å². The molecule has 0 atom stereocenters. The van der Waals surface area contributed by atoms with Crippen LogP contribution in [0.2, 0.25) is 0 Å². The third-order valence-corrected chi connectivity index (χ3v) is 9.65. The van der Waals surface area contributed by atoms with Crippen molar-refractivity contribution in [3.05, 3.63) is 176 Å². The fourth-order valence-corrected chi connectivity index (χ4v) is 7.44. The molecule has 0 radical (unpaired) electrons. The van der Waals surface area contributed by atoms with E-state index in [-0.39, 0.29) is 0 Å². The number of para-hydroxylation sites is 1. The lowest BCUT2D eigenvalue weighted by molar-refractivity contribution is 0.668. The molecule has 49 heavy (non-hydrogen) atoms. The predicted octanol–water partition coefficient (Wildman–Crippen LogP) is 13.4. The molecule has 0 saturated carbocycles. The first-order valence-electron chi connectivity index (χ1n) is 16.6. The van der Waals surface area contributed by atoms with Crippen molar-refractivity contribution in [2.45, 2.75) is 0 Å². The lowest BCUT2D eigenvalue weighted by Crippen LogP contribution is -2.10. The van der Waals surface area contributed by atoms with Crippen molar-refractivity contribution in [1.82, 2.24) is 0 Å². The smallest absolute Gasteiger partial charge is 0.137 e. The molecule has 230 valence electrons. The standard InChI is InChI=1S/C46H29NO2/c1-3-12-30(13-4-1)35-25-23-33(28-38(35)31-14-5-2-6-15-31)47(40-19-11-21-43-46(40)37-18-9-10-20-41(37)48-43)34-24-27-42-39(29-34)45-36-17-8-7-16-32(36)22-26-44(45)49-42/h1-29H. The normalized spacial score (nSPS) is 11.7. The van der Waals surface area contributed by atoms with Crippen molar-refractivity contribution in [2.75, 3.05) is 4.90 Å². The van der Waals surface area contributed by atoms with Crippen LogP contribution in [0.3, 0.4) is 0 Å². The summed E-state index contributed by atoms with van der Waals surface area (Å²) in [5, 5.41) is 6.76. The lowest BCUT2D eigenvalue weighted by Gasteiger charge is -2.27. The summed E-state index contributed by atoms with van der Waals surface area (Å²) in [7, 11) is 0. The number of rotatable bonds is 5. The van der Waals surface area contributed by atoms with Gasteiger partial charge in [0.15, 0.2) is 0 Å². The van der Waals surface area contributed by atoms with Crippen LogP contribution in [0.5, 0.6) is 0 Å². The van der Waals surface area contributed by atoms with Gasteiger partial charge in [0.1, 0.15) is 22.3 Å². The molecule has 2 heterocycles. The Kier molecular flexibility index (Phi) is 6.18. The van der Waals surface area contributed by atoms with Gasteiger partial charge in [0, 0.05) is 27.5 Å². The van der Waals surface area contributed by atoms with Gasteiger partial charge in [-0.2, -0.15) is 0 Å². The van der Waals surface area contributed by atoms with Crippen molar-refractivity contribution in [3.63, 3.8) is 0 Å². The van der Waals surface area contributed by atoms with Crippen LogP contribution < -0.4 is 4.90 Å². The summed E-state index contributed by atoms with van der Waals surface area (Å²) < 4.78 is 12.8. The van der Waals surface area contributed by atoms with Gasteiger partial charge in [-0.05, 0) is 87.6 Å². The molecule has 3 heteroatoms. The maximum absolute atomic E-state index is 6.43. The summed E-state index contributed by atoms with van der Waals surface area (Å²) in [6.07, 6.45) is 0. The number of furan rings is 2. The van der Waals surface area contributed by atoms with Gasteiger partial charge in [-0.15, -0.1) is 0 Å². The summed E-state index contributed by atoms with van der Waals surface area (Å²) in [5.74, 6) is 0. The number of anilines is 3. The van der Waals surface area contributed by atoms with Crippen molar-refractivity contribution < 1.29 is 8.83 Å². The second-order valence-electron chi connectivity index (χ2n) is 12.5. The van der Waals surface area contributed by atoms with Crippen LogP contribution in [-0.2, 0) is 0 Å². The number of hydrogen-bond donors (Lipinski definition) is 0. The van der Waals surface area contributed by atoms with E-state index < -0.39 is 0 Å². The Bertz CT molecular complexity index is 2830. The highest BCUT2D eigenvalue weighted by atomic mass is 16.3. The number of fused-ring (bicyclic) bond motifs is 8. The first-order valence-corrected chi connectivity index (χ1v) is 16.6. The quantitative estimate of drug-likeness (QED) is 0.190. The Hall–Kier alpha value is -6.58. The molecule has 8 aromatic carbocycles. The molecule has 0 bridgehead atoms. The average molecular weight is 628 g/mol. The third-order valence-electron chi connectivity index (χ3n) is 9.65. The van der Waals surface area contributed by atoms with Gasteiger partial charge < -0.3 is 13.7 Å². The maximum Gasteiger partial charge on any atom is 0.137 e. The fraction of sp³-hybridized carbons (Fsp3) is 0. The molecule has 0 amide bonds. The summed E-state index contributed by atoms with van der Waals surface area (Å²) in [6.45, 7) is 0. The van der Waals surface area contributed by atoms with Gasteiger partial charge in [-0.3, -0.25) is 0 Å². The first kappa shape index (κ1) is 27.5. The lowest BCUT2D eigenvalue weighted by atomic mass is 9.93. The minimum atomic E-state index is 0.855. The number of nitrogens with zero attached hydrogens (tertiary/aromatic N) is 1. The summed E-state index contributed by atoms with van der Waals surface area (Å²) >= 11 is 0. The van der Waals surface area contributed by atoms with Crippen molar-refractivity contribution in [3.8, 4) is 22.3 Å². The molecule has 0 aliphatic heterocycles. The highest BCUT2D eigenvalue weighted by Crippen LogP contribution is 2.46. The van der Waals surface area contributed by atoms with Gasteiger partial charge in [-0.1, -0.05) is 121 Å². The molecule has 0 spiro atoms. The van der Waals surface area contributed by atoms with E-state index in [9.17, 15) is 0 Å². The summed E-state index contributed by atoms with van der Waals surface area (Å²) in [6, 6.07) is 62.1. The van der Waals surface area contributed by atoms with Crippen LogP contribution in [0.4, 0.5) is 17.1 Å². The van der Waals surface area contributed by atoms with E-state index >= 15 is 0 Å². The second-order valence-corrected chi connectivity index (χ2v) is 12.5.